The van der Waals surface area contributed by atoms with E-state index in [1.54, 1.807) is 18.5 Å². The molecular formula is C18H27N5O2. The van der Waals surface area contributed by atoms with E-state index < -0.39 is 0 Å². The summed E-state index contributed by atoms with van der Waals surface area (Å²) in [5, 5.41) is 7.59. The van der Waals surface area contributed by atoms with E-state index in [1.807, 2.05) is 4.90 Å². The first-order chi connectivity index (χ1) is 12.2. The fourth-order valence-electron chi connectivity index (χ4n) is 4.29. The molecule has 1 amide bonds. The lowest BCUT2D eigenvalue weighted by molar-refractivity contribution is 0.0291. The molecule has 0 N–H and O–H groups in total. The molecule has 0 radical (unpaired) electrons. The van der Waals surface area contributed by atoms with Crippen molar-refractivity contribution in [2.24, 2.45) is 11.8 Å². The molecule has 3 aliphatic rings. The van der Waals surface area contributed by atoms with Gasteiger partial charge in [0, 0.05) is 51.7 Å². The second kappa shape index (κ2) is 7.35. The predicted molar refractivity (Wildman–Crippen MR) is 93.2 cm³/mol. The molecule has 7 heteroatoms. The van der Waals surface area contributed by atoms with Crippen molar-refractivity contribution >= 4 is 5.91 Å². The number of nitrogens with zero attached hydrogens (tertiary/aromatic N) is 5. The molecule has 1 aromatic rings. The molecule has 0 spiro atoms. The molecule has 25 heavy (non-hydrogen) atoms. The number of hydrogen-bond acceptors (Lipinski definition) is 6. The lowest BCUT2D eigenvalue weighted by Crippen LogP contribution is -2.50. The molecule has 1 aromatic heterocycles. The van der Waals surface area contributed by atoms with Gasteiger partial charge in [0.05, 0.1) is 30.7 Å². The number of carbonyl (C=O) groups excluding carboxylic acids is 1. The maximum absolute atomic E-state index is 12.7. The Hall–Kier alpha value is -1.57. The largest absolute Gasteiger partial charge is 0.376 e. The van der Waals surface area contributed by atoms with Crippen molar-refractivity contribution in [1.82, 2.24) is 24.9 Å². The topological polar surface area (TPSA) is 61.8 Å². The van der Waals surface area contributed by atoms with E-state index in [1.165, 1.54) is 0 Å². The van der Waals surface area contributed by atoms with Crippen LogP contribution in [0.3, 0.4) is 0 Å². The van der Waals surface area contributed by atoms with Crippen molar-refractivity contribution in [3.63, 3.8) is 0 Å². The predicted octanol–water partition coefficient (Wildman–Crippen LogP) is 0.201. The maximum atomic E-state index is 12.7. The van der Waals surface area contributed by atoms with Gasteiger partial charge in [-0.25, -0.2) is 0 Å². The Kier molecular flexibility index (Phi) is 4.96. The average Bonchev–Trinajstić information content (AvgIpc) is 3.06. The SMILES string of the molecule is CN1CCN(C[C@@H]2OC[C@H]3CCN(C(=O)c4ccnnc4)C[C@H]32)CC1. The van der Waals surface area contributed by atoms with Crippen molar-refractivity contribution < 1.29 is 9.53 Å². The number of piperazine rings is 1. The molecule has 0 unspecified atom stereocenters. The van der Waals surface area contributed by atoms with Crippen molar-refractivity contribution in [1.29, 1.82) is 0 Å². The summed E-state index contributed by atoms with van der Waals surface area (Å²) in [6.07, 6.45) is 4.42. The highest BCUT2D eigenvalue weighted by molar-refractivity contribution is 5.93. The van der Waals surface area contributed by atoms with Gasteiger partial charge in [0.15, 0.2) is 0 Å². The molecule has 7 nitrogen and oxygen atoms in total. The lowest BCUT2D eigenvalue weighted by atomic mass is 9.84. The third-order valence-electron chi connectivity index (χ3n) is 5.96. The number of fused-ring (bicyclic) bond motifs is 1. The number of rotatable bonds is 3. The van der Waals surface area contributed by atoms with Crippen LogP contribution in [0, 0.1) is 11.8 Å². The normalized spacial score (nSPS) is 31.1. The van der Waals surface area contributed by atoms with Gasteiger partial charge >= 0.3 is 0 Å². The van der Waals surface area contributed by atoms with E-state index >= 15 is 0 Å². The van der Waals surface area contributed by atoms with Crippen LogP contribution in [-0.4, -0.2) is 96.4 Å². The summed E-state index contributed by atoms with van der Waals surface area (Å²) < 4.78 is 6.15. The molecule has 0 bridgehead atoms. The van der Waals surface area contributed by atoms with Gasteiger partial charge in [-0.05, 0) is 25.5 Å². The molecule has 0 aliphatic carbocycles. The zero-order chi connectivity index (χ0) is 17.2. The monoisotopic (exact) mass is 345 g/mol. The molecule has 136 valence electrons. The molecule has 0 saturated carbocycles. The van der Waals surface area contributed by atoms with E-state index in [0.29, 0.717) is 17.4 Å². The minimum atomic E-state index is 0.0681. The Morgan fingerprint density at radius 3 is 2.84 bits per heavy atom. The number of amides is 1. The van der Waals surface area contributed by atoms with Gasteiger partial charge in [0.2, 0.25) is 0 Å². The minimum absolute atomic E-state index is 0.0681. The van der Waals surface area contributed by atoms with Crippen LogP contribution in [0.2, 0.25) is 0 Å². The van der Waals surface area contributed by atoms with Gasteiger partial charge in [-0.1, -0.05) is 0 Å². The van der Waals surface area contributed by atoms with Gasteiger partial charge < -0.3 is 14.5 Å². The Labute approximate surface area is 148 Å². The second-order valence-corrected chi connectivity index (χ2v) is 7.57. The highest BCUT2D eigenvalue weighted by atomic mass is 16.5. The Balaban J connectivity index is 1.38. The number of aromatic nitrogens is 2. The number of ether oxygens (including phenoxy) is 1. The molecule has 3 fully saturated rings. The van der Waals surface area contributed by atoms with Crippen LogP contribution >= 0.6 is 0 Å². The van der Waals surface area contributed by atoms with E-state index in [-0.39, 0.29) is 12.0 Å². The fourth-order valence-corrected chi connectivity index (χ4v) is 4.29. The number of likely N-dealkylation sites (tertiary alicyclic amines) is 1. The summed E-state index contributed by atoms with van der Waals surface area (Å²) in [6.45, 7) is 7.92. The molecule has 0 aromatic carbocycles. The third-order valence-corrected chi connectivity index (χ3v) is 5.96. The van der Waals surface area contributed by atoms with Crippen LogP contribution in [0.1, 0.15) is 16.8 Å². The second-order valence-electron chi connectivity index (χ2n) is 7.57. The van der Waals surface area contributed by atoms with E-state index in [4.69, 9.17) is 4.74 Å². The van der Waals surface area contributed by atoms with Gasteiger partial charge in [-0.2, -0.15) is 10.2 Å². The van der Waals surface area contributed by atoms with Crippen LogP contribution in [0.15, 0.2) is 18.5 Å². The summed E-state index contributed by atoms with van der Waals surface area (Å²) in [7, 11) is 2.18. The van der Waals surface area contributed by atoms with Gasteiger partial charge in [0.25, 0.3) is 5.91 Å². The summed E-state index contributed by atoms with van der Waals surface area (Å²) in [6, 6.07) is 1.74. The summed E-state index contributed by atoms with van der Waals surface area (Å²) in [5.74, 6) is 1.11. The summed E-state index contributed by atoms with van der Waals surface area (Å²) in [4.78, 5) is 19.6. The van der Waals surface area contributed by atoms with E-state index in [2.05, 4.69) is 27.0 Å². The summed E-state index contributed by atoms with van der Waals surface area (Å²) in [5.41, 5.74) is 0.628. The highest BCUT2D eigenvalue weighted by Crippen LogP contribution is 2.35. The van der Waals surface area contributed by atoms with Crippen molar-refractivity contribution in [3.05, 3.63) is 24.0 Å². The van der Waals surface area contributed by atoms with Crippen molar-refractivity contribution in [2.75, 3.05) is 59.5 Å². The van der Waals surface area contributed by atoms with Crippen LogP contribution in [0.4, 0.5) is 0 Å². The van der Waals surface area contributed by atoms with Gasteiger partial charge in [0.1, 0.15) is 0 Å². The molecule has 3 atom stereocenters. The summed E-state index contributed by atoms with van der Waals surface area (Å²) >= 11 is 0. The first-order valence-electron chi connectivity index (χ1n) is 9.29. The van der Waals surface area contributed by atoms with Gasteiger partial charge in [-0.3, -0.25) is 9.69 Å². The number of carbonyl (C=O) groups is 1. The Morgan fingerprint density at radius 2 is 2.08 bits per heavy atom. The smallest absolute Gasteiger partial charge is 0.255 e. The van der Waals surface area contributed by atoms with Crippen LogP contribution in [-0.2, 0) is 4.74 Å². The van der Waals surface area contributed by atoms with E-state index in [9.17, 15) is 4.79 Å². The van der Waals surface area contributed by atoms with E-state index in [0.717, 1.165) is 58.8 Å². The number of piperidine rings is 1. The number of likely N-dealkylation sites (N-methyl/N-ethyl adjacent to an activating group) is 1. The molecule has 3 aliphatic heterocycles. The van der Waals surface area contributed by atoms with Gasteiger partial charge in [-0.15, -0.1) is 0 Å². The quantitative estimate of drug-likeness (QED) is 0.780. The zero-order valence-electron chi connectivity index (χ0n) is 14.9. The van der Waals surface area contributed by atoms with Crippen LogP contribution < -0.4 is 0 Å². The van der Waals surface area contributed by atoms with Crippen molar-refractivity contribution in [2.45, 2.75) is 12.5 Å². The molecule has 4 heterocycles. The first-order valence-corrected chi connectivity index (χ1v) is 9.29. The molecule has 4 rings (SSSR count). The fraction of sp³-hybridized carbons (Fsp3) is 0.722. The van der Waals surface area contributed by atoms with Crippen molar-refractivity contribution in [3.8, 4) is 0 Å². The Bertz CT molecular complexity index is 590. The lowest BCUT2D eigenvalue weighted by Gasteiger charge is -2.38. The molecular weight excluding hydrogens is 318 g/mol. The number of hydrogen-bond donors (Lipinski definition) is 0. The minimum Gasteiger partial charge on any atom is -0.376 e. The Morgan fingerprint density at radius 1 is 1.24 bits per heavy atom. The average molecular weight is 345 g/mol. The molecule has 3 saturated heterocycles. The maximum Gasteiger partial charge on any atom is 0.255 e. The highest BCUT2D eigenvalue weighted by Gasteiger charge is 2.42. The zero-order valence-corrected chi connectivity index (χ0v) is 14.9. The van der Waals surface area contributed by atoms with Crippen LogP contribution in [0.5, 0.6) is 0 Å². The van der Waals surface area contributed by atoms with Crippen LogP contribution in [0.25, 0.3) is 0 Å². The first kappa shape index (κ1) is 16.9. The third kappa shape index (κ3) is 3.68. The standard InChI is InChI=1S/C18H27N5O2/c1-21-6-8-22(9-7-21)12-17-16-11-23(5-3-15(16)13-25-17)18(24)14-2-4-19-20-10-14/h2,4,10,15-17H,3,5-9,11-13H2,1H3/t15-,16-,17+/m1/s1.